The first kappa shape index (κ1) is 17.6. The summed E-state index contributed by atoms with van der Waals surface area (Å²) in [6.45, 7) is 2.52. The highest BCUT2D eigenvalue weighted by Crippen LogP contribution is 2.34. The first-order chi connectivity index (χ1) is 12.1. The van der Waals surface area contributed by atoms with Crippen molar-refractivity contribution in [2.75, 3.05) is 13.7 Å². The quantitative estimate of drug-likeness (QED) is 0.790. The Morgan fingerprint density at radius 1 is 1.20 bits per heavy atom. The average molecular weight is 360 g/mol. The minimum atomic E-state index is -0.565. The second kappa shape index (κ2) is 7.79. The number of methoxy groups -OCH3 is 1. The normalized spacial score (nSPS) is 18.0. The van der Waals surface area contributed by atoms with Crippen molar-refractivity contribution < 1.29 is 14.3 Å². The molecule has 0 radical (unpaired) electrons. The number of ether oxygens (including phenoxy) is 2. The molecule has 1 amide bonds. The molecule has 0 bridgehead atoms. The number of benzene rings is 2. The molecule has 2 unspecified atom stereocenters. The van der Waals surface area contributed by atoms with Gasteiger partial charge in [0.2, 0.25) is 0 Å². The highest BCUT2D eigenvalue weighted by Gasteiger charge is 2.33. The maximum absolute atomic E-state index is 12.9. The zero-order chi connectivity index (χ0) is 17.8. The number of amides is 1. The van der Waals surface area contributed by atoms with Crippen molar-refractivity contribution in [1.29, 1.82) is 0 Å². The lowest BCUT2D eigenvalue weighted by Gasteiger charge is -2.28. The summed E-state index contributed by atoms with van der Waals surface area (Å²) in [7, 11) is 1.65. The molecule has 1 heterocycles. The summed E-state index contributed by atoms with van der Waals surface area (Å²) in [4.78, 5) is 14.8. The zero-order valence-corrected chi connectivity index (χ0v) is 15.2. The standard InChI is InChI=1S/C20H22ClNO3/c1-14(25-18-9-4-7-16(21)13-18)20(23)22-11-5-10-19(22)15-6-3-8-17(12-15)24-2/h3-4,6-9,12-14,19H,5,10-11H2,1-2H3. The van der Waals surface area contributed by atoms with Crippen molar-refractivity contribution in [3.8, 4) is 11.5 Å². The monoisotopic (exact) mass is 359 g/mol. The molecule has 1 fully saturated rings. The molecule has 0 aliphatic carbocycles. The molecule has 1 aliphatic heterocycles. The van der Waals surface area contributed by atoms with E-state index in [0.29, 0.717) is 10.8 Å². The van der Waals surface area contributed by atoms with E-state index >= 15 is 0 Å². The van der Waals surface area contributed by atoms with Crippen molar-refractivity contribution in [1.82, 2.24) is 4.90 Å². The molecule has 0 saturated carbocycles. The van der Waals surface area contributed by atoms with Crippen LogP contribution in [0, 0.1) is 0 Å². The van der Waals surface area contributed by atoms with Gasteiger partial charge in [0.25, 0.3) is 5.91 Å². The van der Waals surface area contributed by atoms with Gasteiger partial charge in [-0.2, -0.15) is 0 Å². The maximum Gasteiger partial charge on any atom is 0.263 e. The molecule has 3 rings (SSSR count). The molecule has 1 aliphatic rings. The largest absolute Gasteiger partial charge is 0.497 e. The van der Waals surface area contributed by atoms with Crippen LogP contribution in [0.4, 0.5) is 0 Å². The highest BCUT2D eigenvalue weighted by molar-refractivity contribution is 6.30. The van der Waals surface area contributed by atoms with E-state index in [-0.39, 0.29) is 11.9 Å². The Labute approximate surface area is 153 Å². The first-order valence-electron chi connectivity index (χ1n) is 8.45. The molecule has 132 valence electrons. The number of carbonyl (C=O) groups is 1. The summed E-state index contributed by atoms with van der Waals surface area (Å²) in [6, 6.07) is 15.1. The van der Waals surface area contributed by atoms with Gasteiger partial charge in [-0.1, -0.05) is 29.8 Å². The number of hydrogen-bond acceptors (Lipinski definition) is 3. The summed E-state index contributed by atoms with van der Waals surface area (Å²) in [6.07, 6.45) is 1.37. The Hall–Kier alpha value is -2.20. The number of hydrogen-bond donors (Lipinski definition) is 0. The lowest BCUT2D eigenvalue weighted by Crippen LogP contribution is -2.40. The van der Waals surface area contributed by atoms with Crippen LogP contribution in [0.25, 0.3) is 0 Å². The van der Waals surface area contributed by atoms with Gasteiger partial charge in [-0.05, 0) is 55.7 Å². The van der Waals surface area contributed by atoms with Crippen LogP contribution >= 0.6 is 11.6 Å². The Bertz CT molecular complexity index is 749. The van der Waals surface area contributed by atoms with Crippen LogP contribution in [0.1, 0.15) is 31.4 Å². The molecule has 0 spiro atoms. The molecule has 0 N–H and O–H groups in total. The maximum atomic E-state index is 12.9. The van der Waals surface area contributed by atoms with Crippen LogP contribution in [0.3, 0.4) is 0 Å². The smallest absolute Gasteiger partial charge is 0.263 e. The summed E-state index contributed by atoms with van der Waals surface area (Å²) in [5, 5.41) is 0.590. The van der Waals surface area contributed by atoms with Crippen LogP contribution in [0.5, 0.6) is 11.5 Å². The van der Waals surface area contributed by atoms with E-state index in [9.17, 15) is 4.79 Å². The molecular weight excluding hydrogens is 338 g/mol. The number of halogens is 1. The average Bonchev–Trinajstić information content (AvgIpc) is 3.10. The van der Waals surface area contributed by atoms with Gasteiger partial charge in [0.05, 0.1) is 13.2 Å². The van der Waals surface area contributed by atoms with Crippen molar-refractivity contribution in [3.63, 3.8) is 0 Å². The Morgan fingerprint density at radius 2 is 1.96 bits per heavy atom. The summed E-state index contributed by atoms with van der Waals surface area (Å²) in [5.41, 5.74) is 1.10. The van der Waals surface area contributed by atoms with E-state index in [1.165, 1.54) is 0 Å². The Morgan fingerprint density at radius 3 is 2.72 bits per heavy atom. The molecule has 0 aromatic heterocycles. The van der Waals surface area contributed by atoms with Crippen molar-refractivity contribution in [2.24, 2.45) is 0 Å². The fraction of sp³-hybridized carbons (Fsp3) is 0.350. The second-order valence-corrected chi connectivity index (χ2v) is 6.62. The van der Waals surface area contributed by atoms with E-state index in [1.807, 2.05) is 35.2 Å². The summed E-state index contributed by atoms with van der Waals surface area (Å²) < 4.78 is 11.1. The van der Waals surface area contributed by atoms with Gasteiger partial charge in [-0.3, -0.25) is 4.79 Å². The minimum Gasteiger partial charge on any atom is -0.497 e. The summed E-state index contributed by atoms with van der Waals surface area (Å²) in [5.74, 6) is 1.40. The SMILES string of the molecule is COc1cccc(C2CCCN2C(=O)C(C)Oc2cccc(Cl)c2)c1. The topological polar surface area (TPSA) is 38.8 Å². The van der Waals surface area contributed by atoms with Gasteiger partial charge in [0.15, 0.2) is 6.10 Å². The van der Waals surface area contributed by atoms with E-state index in [4.69, 9.17) is 21.1 Å². The molecular formula is C20H22ClNO3. The van der Waals surface area contributed by atoms with Gasteiger partial charge in [0, 0.05) is 11.6 Å². The van der Waals surface area contributed by atoms with Gasteiger partial charge in [0.1, 0.15) is 11.5 Å². The van der Waals surface area contributed by atoms with E-state index in [2.05, 4.69) is 0 Å². The fourth-order valence-corrected chi connectivity index (χ4v) is 3.43. The lowest BCUT2D eigenvalue weighted by atomic mass is 10.0. The van der Waals surface area contributed by atoms with Crippen molar-refractivity contribution in [2.45, 2.75) is 31.9 Å². The van der Waals surface area contributed by atoms with E-state index in [1.54, 1.807) is 32.2 Å². The second-order valence-electron chi connectivity index (χ2n) is 6.18. The molecule has 2 aromatic carbocycles. The van der Waals surface area contributed by atoms with Crippen LogP contribution in [-0.4, -0.2) is 30.6 Å². The fourth-order valence-electron chi connectivity index (χ4n) is 3.25. The van der Waals surface area contributed by atoms with Gasteiger partial charge in [-0.15, -0.1) is 0 Å². The van der Waals surface area contributed by atoms with Gasteiger partial charge >= 0.3 is 0 Å². The van der Waals surface area contributed by atoms with Gasteiger partial charge in [-0.25, -0.2) is 0 Å². The van der Waals surface area contributed by atoms with Crippen LogP contribution in [0.15, 0.2) is 48.5 Å². The van der Waals surface area contributed by atoms with E-state index < -0.39 is 6.10 Å². The predicted octanol–water partition coefficient (Wildman–Crippen LogP) is 4.48. The first-order valence-corrected chi connectivity index (χ1v) is 8.83. The number of nitrogens with zero attached hydrogens (tertiary/aromatic N) is 1. The van der Waals surface area contributed by atoms with Crippen LogP contribution < -0.4 is 9.47 Å². The van der Waals surface area contributed by atoms with Crippen molar-refractivity contribution in [3.05, 3.63) is 59.1 Å². The molecule has 25 heavy (non-hydrogen) atoms. The third-order valence-electron chi connectivity index (χ3n) is 4.47. The number of carbonyl (C=O) groups excluding carboxylic acids is 1. The molecule has 2 atom stereocenters. The minimum absolute atomic E-state index is 0.00899. The molecule has 5 heteroatoms. The number of likely N-dealkylation sites (tertiary alicyclic amines) is 1. The van der Waals surface area contributed by atoms with Gasteiger partial charge < -0.3 is 14.4 Å². The van der Waals surface area contributed by atoms with Crippen molar-refractivity contribution >= 4 is 17.5 Å². The van der Waals surface area contributed by atoms with E-state index in [0.717, 1.165) is 30.7 Å². The number of rotatable bonds is 5. The third-order valence-corrected chi connectivity index (χ3v) is 4.71. The lowest BCUT2D eigenvalue weighted by molar-refractivity contribution is -0.138. The Kier molecular flexibility index (Phi) is 5.49. The predicted molar refractivity (Wildman–Crippen MR) is 98.2 cm³/mol. The van der Waals surface area contributed by atoms with Crippen LogP contribution in [0.2, 0.25) is 5.02 Å². The van der Waals surface area contributed by atoms with Crippen LogP contribution in [-0.2, 0) is 4.79 Å². The summed E-state index contributed by atoms with van der Waals surface area (Å²) >= 11 is 5.98. The third kappa shape index (κ3) is 4.07. The molecule has 1 saturated heterocycles. The molecule has 4 nitrogen and oxygen atoms in total. The zero-order valence-electron chi connectivity index (χ0n) is 14.4. The highest BCUT2D eigenvalue weighted by atomic mass is 35.5. The Balaban J connectivity index is 1.73. The molecule has 2 aromatic rings.